The average molecular weight is 318 g/mol. The molecule has 1 aliphatic heterocycles. The maximum Gasteiger partial charge on any atom is 0.226 e. The van der Waals surface area contributed by atoms with Crippen molar-refractivity contribution < 1.29 is 14.1 Å². The molecular weight excluding hydrogens is 296 g/mol. The summed E-state index contributed by atoms with van der Waals surface area (Å²) in [6.45, 7) is 7.52. The normalized spacial score (nSPS) is 20.8. The Hall–Kier alpha value is -2.15. The molecule has 3 heterocycles. The van der Waals surface area contributed by atoms with Gasteiger partial charge in [0, 0.05) is 31.5 Å². The molecule has 2 atom stereocenters. The summed E-state index contributed by atoms with van der Waals surface area (Å²) in [7, 11) is 0. The van der Waals surface area contributed by atoms with Crippen molar-refractivity contribution in [1.82, 2.24) is 20.3 Å². The number of aryl methyl sites for hydroxylation is 3. The van der Waals surface area contributed by atoms with Gasteiger partial charge in [-0.15, -0.1) is 0 Å². The van der Waals surface area contributed by atoms with Crippen LogP contribution in [0.2, 0.25) is 0 Å². The predicted molar refractivity (Wildman–Crippen MR) is 82.5 cm³/mol. The molecular formula is C16H22N4O3. The van der Waals surface area contributed by atoms with E-state index in [1.54, 1.807) is 6.20 Å². The lowest BCUT2D eigenvalue weighted by Gasteiger charge is -2.19. The van der Waals surface area contributed by atoms with Crippen molar-refractivity contribution in [1.29, 1.82) is 0 Å². The molecule has 3 rings (SSSR count). The van der Waals surface area contributed by atoms with E-state index < -0.39 is 0 Å². The standard InChI is InChI=1S/C16H22N4O3/c1-4-20-14(5-7-18-20)15-12(6-8-22-15)16(21)17-9-13-10(2)19-23-11(13)3/h5,7,12,15H,4,6,8-9H2,1-3H3,(H,17,21)/t12-,15-/m1/s1. The molecule has 1 amide bonds. The SMILES string of the molecule is CCn1nccc1[C@@H]1OCC[C@H]1C(=O)NCc1c(C)noc1C. The minimum atomic E-state index is -0.234. The Balaban J connectivity index is 1.69. The number of aromatic nitrogens is 3. The molecule has 1 fully saturated rings. The Morgan fingerprint density at radius 1 is 1.48 bits per heavy atom. The van der Waals surface area contributed by atoms with Crippen molar-refractivity contribution in [2.24, 2.45) is 5.92 Å². The summed E-state index contributed by atoms with van der Waals surface area (Å²) < 4.78 is 12.8. The lowest BCUT2D eigenvalue weighted by atomic mass is 9.97. The van der Waals surface area contributed by atoms with Crippen LogP contribution in [0.25, 0.3) is 0 Å². The van der Waals surface area contributed by atoms with Crippen LogP contribution < -0.4 is 5.32 Å². The number of hydrogen-bond donors (Lipinski definition) is 1. The van der Waals surface area contributed by atoms with Crippen LogP contribution in [0.15, 0.2) is 16.8 Å². The molecule has 1 saturated heterocycles. The zero-order valence-electron chi connectivity index (χ0n) is 13.7. The fourth-order valence-corrected chi connectivity index (χ4v) is 3.06. The minimum Gasteiger partial charge on any atom is -0.371 e. The number of nitrogens with zero attached hydrogens (tertiary/aromatic N) is 3. The summed E-state index contributed by atoms with van der Waals surface area (Å²) >= 11 is 0. The Kier molecular flexibility index (Phi) is 4.47. The van der Waals surface area contributed by atoms with Crippen LogP contribution in [-0.2, 0) is 22.6 Å². The van der Waals surface area contributed by atoms with Crippen LogP contribution in [0.4, 0.5) is 0 Å². The molecule has 2 aromatic rings. The Morgan fingerprint density at radius 2 is 2.30 bits per heavy atom. The van der Waals surface area contributed by atoms with Crippen LogP contribution in [0, 0.1) is 19.8 Å². The highest BCUT2D eigenvalue weighted by molar-refractivity contribution is 5.79. The smallest absolute Gasteiger partial charge is 0.226 e. The third kappa shape index (κ3) is 3.01. The third-order valence-corrected chi connectivity index (χ3v) is 4.39. The largest absolute Gasteiger partial charge is 0.371 e. The topological polar surface area (TPSA) is 82.2 Å². The molecule has 0 spiro atoms. The fraction of sp³-hybridized carbons (Fsp3) is 0.562. The number of hydrogen-bond acceptors (Lipinski definition) is 5. The molecule has 1 N–H and O–H groups in total. The van der Waals surface area contributed by atoms with E-state index in [4.69, 9.17) is 9.26 Å². The van der Waals surface area contributed by atoms with Crippen LogP contribution in [0.5, 0.6) is 0 Å². The summed E-state index contributed by atoms with van der Waals surface area (Å²) in [4.78, 5) is 12.6. The van der Waals surface area contributed by atoms with Crippen molar-refractivity contribution in [3.8, 4) is 0 Å². The number of carbonyl (C=O) groups is 1. The highest BCUT2D eigenvalue weighted by Crippen LogP contribution is 2.34. The first-order valence-electron chi connectivity index (χ1n) is 7.94. The maximum atomic E-state index is 12.6. The lowest BCUT2D eigenvalue weighted by Crippen LogP contribution is -2.32. The predicted octanol–water partition coefficient (Wildman–Crippen LogP) is 1.90. The van der Waals surface area contributed by atoms with E-state index in [9.17, 15) is 4.79 Å². The van der Waals surface area contributed by atoms with Crippen LogP contribution in [0.1, 0.15) is 42.2 Å². The third-order valence-electron chi connectivity index (χ3n) is 4.39. The van der Waals surface area contributed by atoms with E-state index in [1.807, 2.05) is 31.5 Å². The van der Waals surface area contributed by atoms with Crippen LogP contribution in [-0.4, -0.2) is 27.5 Å². The van der Waals surface area contributed by atoms with Crippen molar-refractivity contribution in [3.63, 3.8) is 0 Å². The molecule has 0 aromatic carbocycles. The van der Waals surface area contributed by atoms with E-state index in [1.165, 1.54) is 0 Å². The first kappa shape index (κ1) is 15.7. The van der Waals surface area contributed by atoms with E-state index in [0.717, 1.165) is 29.3 Å². The van der Waals surface area contributed by atoms with Crippen molar-refractivity contribution in [2.45, 2.75) is 46.4 Å². The van der Waals surface area contributed by atoms with Gasteiger partial charge >= 0.3 is 0 Å². The van der Waals surface area contributed by atoms with Gasteiger partial charge < -0.3 is 14.6 Å². The molecule has 2 aromatic heterocycles. The fourth-order valence-electron chi connectivity index (χ4n) is 3.06. The lowest BCUT2D eigenvalue weighted by molar-refractivity contribution is -0.127. The van der Waals surface area contributed by atoms with Crippen LogP contribution >= 0.6 is 0 Å². The van der Waals surface area contributed by atoms with Crippen molar-refractivity contribution in [3.05, 3.63) is 35.0 Å². The molecule has 124 valence electrons. The summed E-state index contributed by atoms with van der Waals surface area (Å²) in [5.74, 6) is 0.542. The summed E-state index contributed by atoms with van der Waals surface area (Å²) in [6.07, 6.45) is 2.23. The Bertz CT molecular complexity index is 672. The Morgan fingerprint density at radius 3 is 3.00 bits per heavy atom. The number of nitrogens with one attached hydrogen (secondary N) is 1. The zero-order valence-corrected chi connectivity index (χ0v) is 13.7. The molecule has 23 heavy (non-hydrogen) atoms. The average Bonchev–Trinajstić information content (AvgIpc) is 3.25. The number of rotatable bonds is 5. The molecule has 0 unspecified atom stereocenters. The monoisotopic (exact) mass is 318 g/mol. The van der Waals surface area contributed by atoms with Gasteiger partial charge in [-0.05, 0) is 33.3 Å². The first-order chi connectivity index (χ1) is 11.1. The molecule has 0 aliphatic carbocycles. The minimum absolute atomic E-state index is 0.00338. The second kappa shape index (κ2) is 6.54. The van der Waals surface area contributed by atoms with Gasteiger partial charge in [-0.25, -0.2) is 0 Å². The number of ether oxygens (including phenoxy) is 1. The summed E-state index contributed by atoms with van der Waals surface area (Å²) in [5, 5.41) is 11.2. The quantitative estimate of drug-likeness (QED) is 0.910. The van der Waals surface area contributed by atoms with E-state index in [0.29, 0.717) is 19.6 Å². The zero-order chi connectivity index (χ0) is 16.4. The maximum absolute atomic E-state index is 12.6. The molecule has 7 heteroatoms. The second-order valence-electron chi connectivity index (χ2n) is 5.78. The number of carbonyl (C=O) groups excluding carboxylic acids is 1. The molecule has 7 nitrogen and oxygen atoms in total. The van der Waals surface area contributed by atoms with Gasteiger partial charge in [0.25, 0.3) is 0 Å². The highest BCUT2D eigenvalue weighted by atomic mass is 16.5. The molecule has 1 aliphatic rings. The van der Waals surface area contributed by atoms with Crippen molar-refractivity contribution >= 4 is 5.91 Å². The summed E-state index contributed by atoms with van der Waals surface area (Å²) in [5.41, 5.74) is 2.71. The van der Waals surface area contributed by atoms with E-state index in [2.05, 4.69) is 15.6 Å². The van der Waals surface area contributed by atoms with Gasteiger partial charge in [0.15, 0.2) is 0 Å². The molecule has 0 radical (unpaired) electrons. The van der Waals surface area contributed by atoms with Gasteiger partial charge in [-0.2, -0.15) is 5.10 Å². The Labute approximate surface area is 135 Å². The van der Waals surface area contributed by atoms with Gasteiger partial charge in [0.2, 0.25) is 5.91 Å². The second-order valence-corrected chi connectivity index (χ2v) is 5.78. The van der Waals surface area contributed by atoms with Gasteiger partial charge in [0.05, 0.1) is 17.3 Å². The van der Waals surface area contributed by atoms with E-state index >= 15 is 0 Å². The van der Waals surface area contributed by atoms with Gasteiger partial charge in [0.1, 0.15) is 11.9 Å². The summed E-state index contributed by atoms with van der Waals surface area (Å²) in [6, 6.07) is 1.92. The molecule has 0 bridgehead atoms. The van der Waals surface area contributed by atoms with Crippen LogP contribution in [0.3, 0.4) is 0 Å². The number of amides is 1. The first-order valence-corrected chi connectivity index (χ1v) is 7.94. The van der Waals surface area contributed by atoms with Gasteiger partial charge in [-0.3, -0.25) is 9.48 Å². The van der Waals surface area contributed by atoms with Gasteiger partial charge in [-0.1, -0.05) is 5.16 Å². The highest BCUT2D eigenvalue weighted by Gasteiger charge is 2.37. The molecule has 0 saturated carbocycles. The van der Waals surface area contributed by atoms with Crippen molar-refractivity contribution in [2.75, 3.05) is 6.61 Å². The van der Waals surface area contributed by atoms with E-state index in [-0.39, 0.29) is 17.9 Å².